The van der Waals surface area contributed by atoms with Crippen LogP contribution in [0.3, 0.4) is 0 Å². The Bertz CT molecular complexity index is 1140. The molecule has 1 fully saturated rings. The zero-order chi connectivity index (χ0) is 26.5. The van der Waals surface area contributed by atoms with Crippen molar-refractivity contribution in [3.8, 4) is 6.07 Å². The molecule has 3 N–H and O–H groups in total. The lowest BCUT2D eigenvalue weighted by Crippen LogP contribution is -2.55. The number of carbonyl (C=O) groups is 2. The van der Waals surface area contributed by atoms with Crippen molar-refractivity contribution >= 4 is 28.3 Å². The summed E-state index contributed by atoms with van der Waals surface area (Å²) >= 11 is 1.53. The predicted octanol–water partition coefficient (Wildman–Crippen LogP) is 2.97. The number of likely N-dealkylation sites (tertiary alicyclic amines) is 1. The van der Waals surface area contributed by atoms with Crippen LogP contribution >= 0.6 is 11.3 Å². The van der Waals surface area contributed by atoms with Crippen molar-refractivity contribution < 1.29 is 9.59 Å². The average molecular weight is 523 g/mol. The van der Waals surface area contributed by atoms with Gasteiger partial charge in [-0.15, -0.1) is 11.3 Å². The Morgan fingerprint density at radius 2 is 1.97 bits per heavy atom. The number of aryl methyl sites for hydroxylation is 1. The number of imide groups is 1. The molecule has 2 aromatic rings. The van der Waals surface area contributed by atoms with Crippen molar-refractivity contribution in [3.05, 3.63) is 51.9 Å². The molecule has 4 rings (SSSR count). The van der Waals surface area contributed by atoms with Crippen LogP contribution in [0.4, 0.5) is 9.80 Å². The van der Waals surface area contributed by atoms with Crippen LogP contribution in [-0.2, 0) is 24.1 Å². The normalized spacial score (nSPS) is 21.1. The van der Waals surface area contributed by atoms with Gasteiger partial charge < -0.3 is 20.9 Å². The lowest BCUT2D eigenvalue weighted by Gasteiger charge is -2.45. The number of nitriles is 1. The summed E-state index contributed by atoms with van der Waals surface area (Å²) < 4.78 is 0. The van der Waals surface area contributed by atoms with Crippen LogP contribution in [0, 0.1) is 23.2 Å². The molecule has 3 atom stereocenters. The molecule has 8 nitrogen and oxygen atoms in total. The van der Waals surface area contributed by atoms with E-state index in [-0.39, 0.29) is 23.8 Å². The van der Waals surface area contributed by atoms with Crippen molar-refractivity contribution in [2.24, 2.45) is 11.8 Å². The zero-order valence-corrected chi connectivity index (χ0v) is 22.9. The monoisotopic (exact) mass is 522 g/mol. The van der Waals surface area contributed by atoms with Crippen molar-refractivity contribution in [2.75, 3.05) is 53.1 Å². The molecule has 2 heterocycles. The molecule has 2 aliphatic rings. The minimum Gasteiger partial charge on any atom is -0.389 e. The summed E-state index contributed by atoms with van der Waals surface area (Å²) in [6.07, 6.45) is 3.86. The third-order valence-electron chi connectivity index (χ3n) is 7.68. The largest absolute Gasteiger partial charge is 0.389 e. The molecule has 1 aromatic carbocycles. The van der Waals surface area contributed by atoms with E-state index >= 15 is 0 Å². The van der Waals surface area contributed by atoms with Gasteiger partial charge in [-0.1, -0.05) is 30.3 Å². The average Bonchev–Trinajstić information content (AvgIpc) is 3.19. The number of amides is 3. The van der Waals surface area contributed by atoms with Crippen molar-refractivity contribution in [3.63, 3.8) is 0 Å². The van der Waals surface area contributed by atoms with E-state index < -0.39 is 0 Å². The number of urea groups is 1. The summed E-state index contributed by atoms with van der Waals surface area (Å²) in [4.78, 5) is 33.9. The summed E-state index contributed by atoms with van der Waals surface area (Å²) in [7, 11) is 5.98. The van der Waals surface area contributed by atoms with Gasteiger partial charge in [-0.2, -0.15) is 5.26 Å². The minimum atomic E-state index is -0.312. The number of nitrogens with two attached hydrogens (primary N) is 1. The molecule has 198 valence electrons. The molecule has 1 aliphatic heterocycles. The Labute approximate surface area is 224 Å². The maximum absolute atomic E-state index is 13.8. The molecule has 0 radical (unpaired) electrons. The lowest BCUT2D eigenvalue weighted by atomic mass is 9.74. The van der Waals surface area contributed by atoms with Gasteiger partial charge in [0.1, 0.15) is 11.1 Å². The van der Waals surface area contributed by atoms with Crippen LogP contribution in [0.1, 0.15) is 34.4 Å². The second-order valence-electron chi connectivity index (χ2n) is 10.6. The van der Waals surface area contributed by atoms with Gasteiger partial charge >= 0.3 is 6.03 Å². The van der Waals surface area contributed by atoms with Crippen LogP contribution < -0.4 is 11.1 Å². The molecule has 1 saturated heterocycles. The Balaban J connectivity index is 1.46. The number of benzene rings is 1. The number of nitrogens with one attached hydrogen (secondary N) is 1. The van der Waals surface area contributed by atoms with Crippen LogP contribution in [0.5, 0.6) is 0 Å². The topological polar surface area (TPSA) is 106 Å². The fourth-order valence-corrected chi connectivity index (χ4v) is 6.85. The maximum atomic E-state index is 13.8. The van der Waals surface area contributed by atoms with Gasteiger partial charge in [-0.05, 0) is 70.3 Å². The highest BCUT2D eigenvalue weighted by Gasteiger charge is 2.43. The van der Waals surface area contributed by atoms with Gasteiger partial charge in [0, 0.05) is 37.1 Å². The van der Waals surface area contributed by atoms with Crippen LogP contribution in [0.15, 0.2) is 30.3 Å². The fraction of sp³-hybridized carbons (Fsp3) is 0.536. The number of nitrogen functional groups attached to an aromatic ring is 1. The molecule has 1 aromatic heterocycles. The summed E-state index contributed by atoms with van der Waals surface area (Å²) in [6, 6.07) is 12.4. The van der Waals surface area contributed by atoms with E-state index in [4.69, 9.17) is 5.73 Å². The van der Waals surface area contributed by atoms with Crippen LogP contribution in [-0.4, -0.2) is 80.0 Å². The number of hydrogen-bond donors (Lipinski definition) is 2. The van der Waals surface area contributed by atoms with Gasteiger partial charge in [0.2, 0.25) is 5.91 Å². The molecule has 0 spiro atoms. The first-order valence-corrected chi connectivity index (χ1v) is 13.9. The first-order chi connectivity index (χ1) is 17.8. The van der Waals surface area contributed by atoms with Gasteiger partial charge in [0.15, 0.2) is 0 Å². The van der Waals surface area contributed by atoms with E-state index in [2.05, 4.69) is 35.5 Å². The minimum absolute atomic E-state index is 0.100. The molecule has 0 saturated carbocycles. The van der Waals surface area contributed by atoms with Gasteiger partial charge in [0.05, 0.1) is 11.5 Å². The summed E-state index contributed by atoms with van der Waals surface area (Å²) in [5.41, 5.74) is 9.00. The van der Waals surface area contributed by atoms with E-state index in [0.717, 1.165) is 24.8 Å². The molecule has 3 amide bonds. The first-order valence-electron chi connectivity index (χ1n) is 13.1. The summed E-state index contributed by atoms with van der Waals surface area (Å²) in [6.45, 7) is 2.21. The standard InChI is InChI=1S/C28H38N6O2S/c1-32(2)13-11-31-28(36)34(12-7-10-19-8-5-4-6-9-19)27(35)21-14-20-15-22-23(17-29)26(30)37-25(22)16-24(20)33(3)18-21/h4-6,8-9,20-21,24H,7,10-16,18,30H2,1-3H3,(H,31,36)/t20-,21-,24-/m1/s1. The van der Waals surface area contributed by atoms with Crippen LogP contribution in [0.2, 0.25) is 0 Å². The van der Waals surface area contributed by atoms with Crippen molar-refractivity contribution in [1.82, 2.24) is 20.0 Å². The number of hydrogen-bond acceptors (Lipinski definition) is 7. The highest BCUT2D eigenvalue weighted by molar-refractivity contribution is 7.16. The second-order valence-corrected chi connectivity index (χ2v) is 11.7. The second kappa shape index (κ2) is 12.1. The lowest BCUT2D eigenvalue weighted by molar-refractivity contribution is -0.136. The highest BCUT2D eigenvalue weighted by Crippen LogP contribution is 2.43. The molecule has 0 unspecified atom stereocenters. The number of carbonyl (C=O) groups excluding carboxylic acids is 2. The molecule has 37 heavy (non-hydrogen) atoms. The highest BCUT2D eigenvalue weighted by atomic mass is 32.1. The molecule has 9 heteroatoms. The fourth-order valence-electron chi connectivity index (χ4n) is 5.75. The number of thiophene rings is 1. The number of rotatable bonds is 8. The first kappa shape index (κ1) is 27.1. The smallest absolute Gasteiger partial charge is 0.324 e. The van der Waals surface area contributed by atoms with E-state index in [1.54, 1.807) is 0 Å². The number of likely N-dealkylation sites (N-methyl/N-ethyl adjacent to an activating group) is 2. The molecular formula is C28H38N6O2S. The van der Waals surface area contributed by atoms with E-state index in [1.165, 1.54) is 26.7 Å². The van der Waals surface area contributed by atoms with Crippen molar-refractivity contribution in [2.45, 2.75) is 38.1 Å². The Morgan fingerprint density at radius 1 is 1.22 bits per heavy atom. The molecular weight excluding hydrogens is 484 g/mol. The van der Waals surface area contributed by atoms with E-state index in [0.29, 0.717) is 55.6 Å². The number of piperidine rings is 1. The number of fused-ring (bicyclic) bond motifs is 2. The third kappa shape index (κ3) is 6.32. The van der Waals surface area contributed by atoms with Gasteiger partial charge in [-0.3, -0.25) is 9.69 Å². The Kier molecular flexibility index (Phi) is 8.85. The maximum Gasteiger partial charge on any atom is 0.324 e. The third-order valence-corrected chi connectivity index (χ3v) is 8.77. The van der Waals surface area contributed by atoms with Crippen LogP contribution in [0.25, 0.3) is 0 Å². The van der Waals surface area contributed by atoms with Gasteiger partial charge in [-0.25, -0.2) is 4.79 Å². The zero-order valence-electron chi connectivity index (χ0n) is 22.1. The van der Waals surface area contributed by atoms with Gasteiger partial charge in [0.25, 0.3) is 0 Å². The van der Waals surface area contributed by atoms with E-state index in [1.807, 2.05) is 37.2 Å². The molecule has 1 aliphatic carbocycles. The number of nitrogens with zero attached hydrogens (tertiary/aromatic N) is 4. The number of anilines is 1. The van der Waals surface area contributed by atoms with E-state index in [9.17, 15) is 14.9 Å². The quantitative estimate of drug-likeness (QED) is 0.552. The summed E-state index contributed by atoms with van der Waals surface area (Å²) in [5.74, 6) is -0.105. The predicted molar refractivity (Wildman–Crippen MR) is 147 cm³/mol. The molecule has 0 bridgehead atoms. The SMILES string of the molecule is CN(C)CCNC(=O)N(CCCc1ccccc1)C(=O)[C@@H]1C[C@@H]2Cc3c(sc(N)c3C#N)C[C@H]2N(C)C1. The summed E-state index contributed by atoms with van der Waals surface area (Å²) in [5, 5.41) is 13.2. The van der Waals surface area contributed by atoms with Crippen molar-refractivity contribution in [1.29, 1.82) is 5.26 Å². The Morgan fingerprint density at radius 3 is 2.68 bits per heavy atom. The Hall–Kier alpha value is -2.93.